The molecule has 0 spiro atoms. The number of piperidine rings is 1. The summed E-state index contributed by atoms with van der Waals surface area (Å²) in [6.07, 6.45) is 2.76. The normalized spacial score (nSPS) is 28.1. The summed E-state index contributed by atoms with van der Waals surface area (Å²) in [5.41, 5.74) is 0. The minimum atomic E-state index is -0.376. The molecule has 6 nitrogen and oxygen atoms in total. The molecule has 2 saturated heterocycles. The SMILES string of the molecule is CCCC(=O)N1CCCC(C(=O)NCC2CNCC2O)C1.Cl. The van der Waals surface area contributed by atoms with Crippen LogP contribution in [0.2, 0.25) is 0 Å². The van der Waals surface area contributed by atoms with Crippen LogP contribution in [0.5, 0.6) is 0 Å². The third-order valence-corrected chi connectivity index (χ3v) is 4.45. The van der Waals surface area contributed by atoms with Crippen LogP contribution in [-0.2, 0) is 9.59 Å². The predicted octanol–water partition coefficient (Wildman–Crippen LogP) is 0.143. The Morgan fingerprint density at radius 1 is 1.36 bits per heavy atom. The quantitative estimate of drug-likeness (QED) is 0.668. The predicted molar refractivity (Wildman–Crippen MR) is 86.8 cm³/mol. The largest absolute Gasteiger partial charge is 0.391 e. The summed E-state index contributed by atoms with van der Waals surface area (Å²) in [6, 6.07) is 0. The molecule has 2 heterocycles. The molecular weight excluding hydrogens is 306 g/mol. The van der Waals surface area contributed by atoms with Crippen molar-refractivity contribution in [3.63, 3.8) is 0 Å². The first-order chi connectivity index (χ1) is 10.1. The number of amides is 2. The number of carbonyl (C=O) groups is 2. The molecule has 0 aliphatic carbocycles. The molecule has 7 heteroatoms. The Labute approximate surface area is 138 Å². The Morgan fingerprint density at radius 3 is 2.77 bits per heavy atom. The van der Waals surface area contributed by atoms with E-state index in [0.717, 1.165) is 32.4 Å². The summed E-state index contributed by atoms with van der Waals surface area (Å²) >= 11 is 0. The third kappa shape index (κ3) is 5.11. The van der Waals surface area contributed by atoms with E-state index in [1.54, 1.807) is 0 Å². The number of aliphatic hydroxyl groups is 1. The summed E-state index contributed by atoms with van der Waals surface area (Å²) in [5, 5.41) is 15.8. The molecule has 0 aromatic heterocycles. The first-order valence-electron chi connectivity index (χ1n) is 8.06. The van der Waals surface area contributed by atoms with Crippen LogP contribution in [-0.4, -0.2) is 60.6 Å². The second-order valence-electron chi connectivity index (χ2n) is 6.16. The van der Waals surface area contributed by atoms with Gasteiger partial charge in [-0.25, -0.2) is 0 Å². The number of nitrogens with zero attached hydrogens (tertiary/aromatic N) is 1. The number of hydrogen-bond donors (Lipinski definition) is 3. The Morgan fingerprint density at radius 2 is 2.14 bits per heavy atom. The van der Waals surface area contributed by atoms with Gasteiger partial charge in [-0.05, 0) is 19.3 Å². The van der Waals surface area contributed by atoms with Gasteiger partial charge in [0.2, 0.25) is 11.8 Å². The van der Waals surface area contributed by atoms with Gasteiger partial charge in [-0.2, -0.15) is 0 Å². The maximum Gasteiger partial charge on any atom is 0.224 e. The van der Waals surface area contributed by atoms with Crippen LogP contribution in [0.3, 0.4) is 0 Å². The first-order valence-corrected chi connectivity index (χ1v) is 8.06. The highest BCUT2D eigenvalue weighted by Gasteiger charge is 2.30. The second-order valence-corrected chi connectivity index (χ2v) is 6.16. The van der Waals surface area contributed by atoms with E-state index in [2.05, 4.69) is 10.6 Å². The highest BCUT2D eigenvalue weighted by atomic mass is 35.5. The first kappa shape index (κ1) is 19.2. The van der Waals surface area contributed by atoms with Crippen molar-refractivity contribution in [2.24, 2.45) is 11.8 Å². The molecule has 0 aromatic carbocycles. The molecule has 2 aliphatic heterocycles. The van der Waals surface area contributed by atoms with Crippen LogP contribution in [0.15, 0.2) is 0 Å². The van der Waals surface area contributed by atoms with Gasteiger partial charge < -0.3 is 20.6 Å². The van der Waals surface area contributed by atoms with Crippen molar-refractivity contribution >= 4 is 24.2 Å². The lowest BCUT2D eigenvalue weighted by atomic mass is 9.96. The Kier molecular flexibility index (Phi) is 8.14. The highest BCUT2D eigenvalue weighted by Crippen LogP contribution is 2.18. The molecule has 128 valence electrons. The van der Waals surface area contributed by atoms with Crippen LogP contribution in [0.25, 0.3) is 0 Å². The number of likely N-dealkylation sites (tertiary alicyclic amines) is 1. The lowest BCUT2D eigenvalue weighted by Crippen LogP contribution is -2.46. The number of β-amino-alcohol motifs (C(OH)–C–C–N with tert-alkyl or cyclic N) is 1. The van der Waals surface area contributed by atoms with Crippen LogP contribution in [0.1, 0.15) is 32.6 Å². The zero-order chi connectivity index (χ0) is 15.2. The molecule has 2 rings (SSSR count). The summed E-state index contributed by atoms with van der Waals surface area (Å²) in [5.74, 6) is 0.162. The molecule has 3 N–H and O–H groups in total. The van der Waals surface area contributed by atoms with Crippen molar-refractivity contribution in [3.8, 4) is 0 Å². The van der Waals surface area contributed by atoms with Gasteiger partial charge >= 0.3 is 0 Å². The van der Waals surface area contributed by atoms with Gasteiger partial charge in [-0.3, -0.25) is 9.59 Å². The number of carbonyl (C=O) groups excluding carboxylic acids is 2. The molecule has 2 fully saturated rings. The van der Waals surface area contributed by atoms with Crippen LogP contribution < -0.4 is 10.6 Å². The molecule has 2 amide bonds. The van der Waals surface area contributed by atoms with Crippen molar-refractivity contribution in [2.75, 3.05) is 32.7 Å². The van der Waals surface area contributed by atoms with Crippen LogP contribution >= 0.6 is 12.4 Å². The smallest absolute Gasteiger partial charge is 0.224 e. The molecule has 0 aromatic rings. The average molecular weight is 334 g/mol. The van der Waals surface area contributed by atoms with Gasteiger partial charge in [-0.1, -0.05) is 6.92 Å². The van der Waals surface area contributed by atoms with E-state index in [9.17, 15) is 14.7 Å². The topological polar surface area (TPSA) is 81.7 Å². The van der Waals surface area contributed by atoms with Crippen molar-refractivity contribution in [2.45, 2.75) is 38.7 Å². The van der Waals surface area contributed by atoms with Gasteiger partial charge in [-0.15, -0.1) is 12.4 Å². The third-order valence-electron chi connectivity index (χ3n) is 4.45. The number of nitrogens with one attached hydrogen (secondary N) is 2. The number of aliphatic hydroxyl groups excluding tert-OH is 1. The Balaban J connectivity index is 0.00000242. The molecule has 0 bridgehead atoms. The van der Waals surface area contributed by atoms with E-state index in [0.29, 0.717) is 26.1 Å². The van der Waals surface area contributed by atoms with E-state index in [-0.39, 0.29) is 42.2 Å². The number of rotatable bonds is 5. The zero-order valence-electron chi connectivity index (χ0n) is 13.2. The zero-order valence-corrected chi connectivity index (χ0v) is 14.0. The number of hydrogen-bond acceptors (Lipinski definition) is 4. The fourth-order valence-corrected chi connectivity index (χ4v) is 3.09. The highest BCUT2D eigenvalue weighted by molar-refractivity contribution is 5.85. The Bertz CT molecular complexity index is 381. The van der Waals surface area contributed by atoms with Crippen molar-refractivity contribution in [3.05, 3.63) is 0 Å². The lowest BCUT2D eigenvalue weighted by molar-refractivity contribution is -0.135. The summed E-state index contributed by atoms with van der Waals surface area (Å²) in [4.78, 5) is 26.0. The molecule has 2 aliphatic rings. The summed E-state index contributed by atoms with van der Waals surface area (Å²) in [6.45, 7) is 5.15. The molecule has 0 saturated carbocycles. The van der Waals surface area contributed by atoms with Gasteiger partial charge in [0.25, 0.3) is 0 Å². The van der Waals surface area contributed by atoms with Crippen LogP contribution in [0.4, 0.5) is 0 Å². The average Bonchev–Trinajstić information content (AvgIpc) is 2.90. The van der Waals surface area contributed by atoms with Gasteiger partial charge in [0.1, 0.15) is 0 Å². The molecular formula is C15H28ClN3O3. The summed E-state index contributed by atoms with van der Waals surface area (Å²) < 4.78 is 0. The van der Waals surface area contributed by atoms with Crippen molar-refractivity contribution in [1.29, 1.82) is 0 Å². The minimum absolute atomic E-state index is 0. The molecule has 3 unspecified atom stereocenters. The minimum Gasteiger partial charge on any atom is -0.391 e. The number of halogens is 1. The monoisotopic (exact) mass is 333 g/mol. The molecule has 22 heavy (non-hydrogen) atoms. The van der Waals surface area contributed by atoms with Crippen molar-refractivity contribution in [1.82, 2.24) is 15.5 Å². The second kappa shape index (κ2) is 9.33. The summed E-state index contributed by atoms with van der Waals surface area (Å²) in [7, 11) is 0. The van der Waals surface area contributed by atoms with Crippen molar-refractivity contribution < 1.29 is 14.7 Å². The van der Waals surface area contributed by atoms with E-state index in [1.807, 2.05) is 11.8 Å². The molecule has 0 radical (unpaired) electrons. The maximum absolute atomic E-state index is 12.2. The van der Waals surface area contributed by atoms with Gasteiger partial charge in [0.15, 0.2) is 0 Å². The fraction of sp³-hybridized carbons (Fsp3) is 0.867. The van der Waals surface area contributed by atoms with E-state index in [4.69, 9.17) is 0 Å². The van der Waals surface area contributed by atoms with E-state index < -0.39 is 0 Å². The fourth-order valence-electron chi connectivity index (χ4n) is 3.09. The van der Waals surface area contributed by atoms with E-state index >= 15 is 0 Å². The molecule has 3 atom stereocenters. The maximum atomic E-state index is 12.2. The van der Waals surface area contributed by atoms with Crippen LogP contribution in [0, 0.1) is 11.8 Å². The standard InChI is InChI=1S/C15H27N3O3.ClH/c1-2-4-14(20)18-6-3-5-11(10-18)15(21)17-8-12-7-16-9-13(12)19;/h11-13,16,19H,2-10H2,1H3,(H,17,21);1H. The van der Waals surface area contributed by atoms with Gasteiger partial charge in [0.05, 0.1) is 12.0 Å². The van der Waals surface area contributed by atoms with E-state index in [1.165, 1.54) is 0 Å². The Hall–Kier alpha value is -0.850. The van der Waals surface area contributed by atoms with Gasteiger partial charge in [0, 0.05) is 45.1 Å². The lowest BCUT2D eigenvalue weighted by Gasteiger charge is -2.32.